The van der Waals surface area contributed by atoms with Gasteiger partial charge in [0.15, 0.2) is 0 Å². The van der Waals surface area contributed by atoms with Crippen molar-refractivity contribution >= 4 is 38.8 Å². The molecule has 1 unspecified atom stereocenters. The Hall–Kier alpha value is -0.650. The van der Waals surface area contributed by atoms with Crippen LogP contribution in [-0.2, 0) is 0 Å². The summed E-state index contributed by atoms with van der Waals surface area (Å²) in [7, 11) is 0. The zero-order chi connectivity index (χ0) is 13.1. The molecule has 1 aromatic carbocycles. The van der Waals surface area contributed by atoms with Gasteiger partial charge in [0.2, 0.25) is 0 Å². The van der Waals surface area contributed by atoms with Crippen molar-refractivity contribution in [2.75, 3.05) is 18.1 Å². The van der Waals surface area contributed by atoms with Crippen LogP contribution in [0.5, 0.6) is 0 Å². The second-order valence-corrected chi connectivity index (χ2v) is 5.91. The van der Waals surface area contributed by atoms with E-state index >= 15 is 0 Å². The minimum Gasteiger partial charge on any atom is -0.394 e. The maximum atomic E-state index is 9.50. The Balaban J connectivity index is 2.41. The topological polar surface area (TPSA) is 49.5 Å². The molecule has 18 heavy (non-hydrogen) atoms. The summed E-state index contributed by atoms with van der Waals surface area (Å²) in [6.07, 6.45) is 3.32. The first-order valence-electron chi connectivity index (χ1n) is 6.10. The number of benzene rings is 1. The highest BCUT2D eigenvalue weighted by Gasteiger charge is 2.24. The number of nitrogens with two attached hydrogens (primary N) is 1. The summed E-state index contributed by atoms with van der Waals surface area (Å²) in [5.41, 5.74) is 7.69. The maximum Gasteiger partial charge on any atom is 0.106 e. The van der Waals surface area contributed by atoms with Crippen molar-refractivity contribution < 1.29 is 5.11 Å². The van der Waals surface area contributed by atoms with E-state index in [1.54, 1.807) is 0 Å². The molecule has 0 bridgehead atoms. The number of anilines is 1. The summed E-state index contributed by atoms with van der Waals surface area (Å²) in [4.78, 5) is 2.63. The molecule has 0 spiro atoms. The highest BCUT2D eigenvalue weighted by atomic mass is 79.9. The molecule has 3 nitrogen and oxygen atoms in total. The zero-order valence-corrected chi connectivity index (χ0v) is 12.5. The summed E-state index contributed by atoms with van der Waals surface area (Å²) < 4.78 is 1.000. The SMILES string of the molecule is NC(=S)c1ccc(Br)cc1N1CCCCC1CO. The molecule has 1 heterocycles. The van der Waals surface area contributed by atoms with Gasteiger partial charge in [-0.3, -0.25) is 0 Å². The molecule has 3 N–H and O–H groups in total. The van der Waals surface area contributed by atoms with Crippen LogP contribution in [0.15, 0.2) is 22.7 Å². The molecule has 0 saturated carbocycles. The van der Waals surface area contributed by atoms with Gasteiger partial charge in [-0.2, -0.15) is 0 Å². The van der Waals surface area contributed by atoms with Crippen LogP contribution in [0.1, 0.15) is 24.8 Å². The van der Waals surface area contributed by atoms with E-state index in [9.17, 15) is 5.11 Å². The predicted molar refractivity (Wildman–Crippen MR) is 82.1 cm³/mol. The van der Waals surface area contributed by atoms with Gasteiger partial charge in [0, 0.05) is 22.3 Å². The van der Waals surface area contributed by atoms with Crippen LogP contribution in [0.4, 0.5) is 5.69 Å². The number of piperidine rings is 1. The largest absolute Gasteiger partial charge is 0.394 e. The standard InChI is InChI=1S/C13H17BrN2OS/c14-9-4-5-11(13(15)18)12(7-9)16-6-2-1-3-10(16)8-17/h4-5,7,10,17H,1-3,6,8H2,(H2,15,18). The van der Waals surface area contributed by atoms with Crippen LogP contribution in [0.25, 0.3) is 0 Å². The lowest BCUT2D eigenvalue weighted by Crippen LogP contribution is -2.42. The minimum absolute atomic E-state index is 0.168. The second kappa shape index (κ2) is 5.99. The van der Waals surface area contributed by atoms with E-state index in [1.807, 2.05) is 18.2 Å². The highest BCUT2D eigenvalue weighted by molar-refractivity contribution is 9.10. The average Bonchev–Trinajstić information content (AvgIpc) is 2.38. The van der Waals surface area contributed by atoms with Gasteiger partial charge in [-0.05, 0) is 37.5 Å². The molecular formula is C13H17BrN2OS. The van der Waals surface area contributed by atoms with Crippen molar-refractivity contribution in [3.05, 3.63) is 28.2 Å². The summed E-state index contributed by atoms with van der Waals surface area (Å²) in [5.74, 6) is 0. The van der Waals surface area contributed by atoms with Gasteiger partial charge in [-0.25, -0.2) is 0 Å². The van der Waals surface area contributed by atoms with Crippen LogP contribution >= 0.6 is 28.1 Å². The lowest BCUT2D eigenvalue weighted by atomic mass is 10.0. The number of hydrogen-bond acceptors (Lipinski definition) is 3. The summed E-state index contributed by atoms with van der Waals surface area (Å²) in [6, 6.07) is 6.07. The van der Waals surface area contributed by atoms with Gasteiger partial charge in [0.1, 0.15) is 4.99 Å². The molecule has 0 aromatic heterocycles. The minimum atomic E-state index is 0.168. The highest BCUT2D eigenvalue weighted by Crippen LogP contribution is 2.30. The predicted octanol–water partition coefficient (Wildman–Crippen LogP) is 2.43. The van der Waals surface area contributed by atoms with Gasteiger partial charge >= 0.3 is 0 Å². The van der Waals surface area contributed by atoms with Crippen LogP contribution in [0.3, 0.4) is 0 Å². The van der Waals surface area contributed by atoms with E-state index in [2.05, 4.69) is 20.8 Å². The van der Waals surface area contributed by atoms with Gasteiger partial charge in [-0.1, -0.05) is 28.1 Å². The number of thiocarbonyl (C=S) groups is 1. The zero-order valence-electron chi connectivity index (χ0n) is 10.1. The first-order valence-corrected chi connectivity index (χ1v) is 7.30. The Morgan fingerprint density at radius 1 is 1.50 bits per heavy atom. The van der Waals surface area contributed by atoms with Crippen LogP contribution in [0.2, 0.25) is 0 Å². The molecule has 0 aliphatic carbocycles. The third-order valence-corrected chi connectivity index (χ3v) is 4.09. The fraction of sp³-hybridized carbons (Fsp3) is 0.462. The van der Waals surface area contributed by atoms with Crippen molar-refractivity contribution in [2.24, 2.45) is 5.73 Å². The third kappa shape index (κ3) is 2.84. The lowest BCUT2D eigenvalue weighted by molar-refractivity contribution is 0.240. The van der Waals surface area contributed by atoms with Crippen molar-refractivity contribution in [3.8, 4) is 0 Å². The molecular weight excluding hydrogens is 312 g/mol. The van der Waals surface area contributed by atoms with E-state index in [1.165, 1.54) is 0 Å². The second-order valence-electron chi connectivity index (χ2n) is 4.55. The van der Waals surface area contributed by atoms with Gasteiger partial charge in [0.05, 0.1) is 12.6 Å². The van der Waals surface area contributed by atoms with E-state index in [4.69, 9.17) is 18.0 Å². The molecule has 5 heteroatoms. The molecule has 1 aliphatic rings. The normalized spacial score (nSPS) is 19.9. The first kappa shape index (κ1) is 13.8. The Morgan fingerprint density at radius 3 is 2.94 bits per heavy atom. The van der Waals surface area contributed by atoms with E-state index in [-0.39, 0.29) is 12.6 Å². The maximum absolute atomic E-state index is 9.50. The molecule has 1 aromatic rings. The molecule has 98 valence electrons. The monoisotopic (exact) mass is 328 g/mol. The van der Waals surface area contributed by atoms with Crippen LogP contribution in [0, 0.1) is 0 Å². The number of aliphatic hydroxyl groups is 1. The molecule has 1 atom stereocenters. The van der Waals surface area contributed by atoms with Crippen molar-refractivity contribution in [1.82, 2.24) is 0 Å². The Kier molecular flexibility index (Phi) is 4.59. The fourth-order valence-electron chi connectivity index (χ4n) is 2.46. The summed E-state index contributed by atoms with van der Waals surface area (Å²) in [6.45, 7) is 1.11. The lowest BCUT2D eigenvalue weighted by Gasteiger charge is -2.37. The number of aliphatic hydroxyl groups excluding tert-OH is 1. The number of nitrogens with zero attached hydrogens (tertiary/aromatic N) is 1. The molecule has 1 fully saturated rings. The van der Waals surface area contributed by atoms with E-state index in [0.717, 1.165) is 41.5 Å². The van der Waals surface area contributed by atoms with Gasteiger partial charge in [-0.15, -0.1) is 0 Å². The molecule has 0 amide bonds. The Bertz CT molecular complexity index is 453. The van der Waals surface area contributed by atoms with Crippen molar-refractivity contribution in [3.63, 3.8) is 0 Å². The molecule has 1 saturated heterocycles. The molecule has 0 radical (unpaired) electrons. The quantitative estimate of drug-likeness (QED) is 0.837. The average molecular weight is 329 g/mol. The van der Waals surface area contributed by atoms with Crippen LogP contribution in [-0.4, -0.2) is 29.3 Å². The number of hydrogen-bond donors (Lipinski definition) is 2. The van der Waals surface area contributed by atoms with Crippen molar-refractivity contribution in [1.29, 1.82) is 0 Å². The van der Waals surface area contributed by atoms with Crippen molar-refractivity contribution in [2.45, 2.75) is 25.3 Å². The molecule has 1 aliphatic heterocycles. The number of rotatable bonds is 3. The fourth-order valence-corrected chi connectivity index (χ4v) is 2.98. The Labute approximate surface area is 121 Å². The van der Waals surface area contributed by atoms with E-state index < -0.39 is 0 Å². The Morgan fingerprint density at radius 2 is 2.28 bits per heavy atom. The van der Waals surface area contributed by atoms with E-state index in [0.29, 0.717) is 4.99 Å². The molecule has 2 rings (SSSR count). The van der Waals surface area contributed by atoms with Gasteiger partial charge in [0.25, 0.3) is 0 Å². The third-order valence-electron chi connectivity index (χ3n) is 3.37. The smallest absolute Gasteiger partial charge is 0.106 e. The summed E-state index contributed by atoms with van der Waals surface area (Å²) >= 11 is 8.59. The number of halogens is 1. The van der Waals surface area contributed by atoms with Gasteiger partial charge < -0.3 is 15.7 Å². The summed E-state index contributed by atoms with van der Waals surface area (Å²) in [5, 5.41) is 9.50. The van der Waals surface area contributed by atoms with Crippen LogP contribution < -0.4 is 10.6 Å². The first-order chi connectivity index (χ1) is 8.63.